The maximum atomic E-state index is 13.5. The predicted octanol–water partition coefficient (Wildman–Crippen LogP) is 3.88. The summed E-state index contributed by atoms with van der Waals surface area (Å²) in [5.74, 6) is 0.632. The van der Waals surface area contributed by atoms with Gasteiger partial charge >= 0.3 is 0 Å². The Morgan fingerprint density at radius 1 is 1.18 bits per heavy atom. The molecule has 1 amide bonds. The van der Waals surface area contributed by atoms with Gasteiger partial charge in [0, 0.05) is 12.2 Å². The highest BCUT2D eigenvalue weighted by atomic mass is 32.2. The zero-order valence-electron chi connectivity index (χ0n) is 15.1. The first kappa shape index (κ1) is 20.1. The fourth-order valence-electron chi connectivity index (χ4n) is 2.33. The first-order valence-electron chi connectivity index (χ1n) is 8.51. The zero-order chi connectivity index (χ0) is 19.8. The molecule has 0 spiro atoms. The van der Waals surface area contributed by atoms with E-state index in [1.165, 1.54) is 29.2 Å². The van der Waals surface area contributed by atoms with Gasteiger partial charge in [0.2, 0.25) is 11.0 Å². The fourth-order valence-corrected chi connectivity index (χ4v) is 3.93. The summed E-state index contributed by atoms with van der Waals surface area (Å²) < 4.78 is 19.4. The van der Waals surface area contributed by atoms with Crippen molar-refractivity contribution in [3.05, 3.63) is 59.9 Å². The molecule has 0 saturated heterocycles. The smallest absolute Gasteiger partial charge is 0.230 e. The summed E-state index contributed by atoms with van der Waals surface area (Å²) in [6, 6.07) is 14.0. The second-order valence-corrected chi connectivity index (χ2v) is 7.91. The lowest BCUT2D eigenvalue weighted by Gasteiger charge is -2.05. The van der Waals surface area contributed by atoms with Gasteiger partial charge in [-0.05, 0) is 42.3 Å². The van der Waals surface area contributed by atoms with Gasteiger partial charge in [-0.2, -0.15) is 0 Å². The minimum absolute atomic E-state index is 0.124. The molecule has 0 saturated carbocycles. The van der Waals surface area contributed by atoms with Crippen LogP contribution in [0.3, 0.4) is 0 Å². The van der Waals surface area contributed by atoms with Crippen molar-refractivity contribution in [2.24, 2.45) is 0 Å². The minimum atomic E-state index is -0.253. The second-order valence-electron chi connectivity index (χ2n) is 5.71. The highest BCUT2D eigenvalue weighted by Crippen LogP contribution is 2.28. The number of anilines is 2. The van der Waals surface area contributed by atoms with E-state index >= 15 is 0 Å². The van der Waals surface area contributed by atoms with Crippen LogP contribution >= 0.6 is 23.1 Å². The maximum Gasteiger partial charge on any atom is 0.230 e. The van der Waals surface area contributed by atoms with Gasteiger partial charge in [0.1, 0.15) is 11.6 Å². The summed E-state index contributed by atoms with van der Waals surface area (Å²) in [7, 11) is 1.62. The van der Waals surface area contributed by atoms with Crippen molar-refractivity contribution in [3.63, 3.8) is 0 Å². The van der Waals surface area contributed by atoms with E-state index in [2.05, 4.69) is 20.8 Å². The maximum absolute atomic E-state index is 13.5. The molecule has 28 heavy (non-hydrogen) atoms. The highest BCUT2D eigenvalue weighted by Gasteiger charge is 2.09. The van der Waals surface area contributed by atoms with E-state index in [-0.39, 0.29) is 17.5 Å². The van der Waals surface area contributed by atoms with Gasteiger partial charge < -0.3 is 15.4 Å². The third-order valence-electron chi connectivity index (χ3n) is 3.75. The van der Waals surface area contributed by atoms with Crippen molar-refractivity contribution in [1.29, 1.82) is 0 Å². The quantitative estimate of drug-likeness (QED) is 0.514. The molecule has 0 aliphatic heterocycles. The number of hydrogen-bond acceptors (Lipinski definition) is 7. The number of benzene rings is 2. The molecular weight excluding hydrogens is 399 g/mol. The summed E-state index contributed by atoms with van der Waals surface area (Å²) in [6.45, 7) is 0.390. The van der Waals surface area contributed by atoms with E-state index in [1.54, 1.807) is 25.3 Å². The van der Waals surface area contributed by atoms with Crippen molar-refractivity contribution in [3.8, 4) is 5.75 Å². The zero-order valence-corrected chi connectivity index (χ0v) is 16.8. The first-order chi connectivity index (χ1) is 13.6. The van der Waals surface area contributed by atoms with Crippen LogP contribution in [0.5, 0.6) is 5.75 Å². The molecule has 1 aromatic heterocycles. The van der Waals surface area contributed by atoms with Crippen LogP contribution in [0.1, 0.15) is 5.56 Å². The average molecular weight is 419 g/mol. The predicted molar refractivity (Wildman–Crippen MR) is 110 cm³/mol. The standard InChI is InChI=1S/C19H19FN4O2S2/c1-26-15-8-6-14(7-9-15)22-18-23-24-19(28-18)27-12-17(25)21-11-10-13-4-2-3-5-16(13)20/h2-9H,10-12H2,1H3,(H,21,25)(H,22,23). The van der Waals surface area contributed by atoms with Crippen LogP contribution in [0, 0.1) is 5.82 Å². The minimum Gasteiger partial charge on any atom is -0.497 e. The number of rotatable bonds is 9. The molecule has 1 heterocycles. The number of nitrogens with zero attached hydrogens (tertiary/aromatic N) is 2. The van der Waals surface area contributed by atoms with Gasteiger partial charge in [-0.25, -0.2) is 4.39 Å². The van der Waals surface area contributed by atoms with E-state index in [1.807, 2.05) is 24.3 Å². The van der Waals surface area contributed by atoms with Crippen LogP contribution in [0.25, 0.3) is 0 Å². The number of halogens is 1. The normalized spacial score (nSPS) is 10.5. The molecular formula is C19H19FN4O2S2. The van der Waals surface area contributed by atoms with Crippen LogP contribution in [-0.4, -0.2) is 35.5 Å². The molecule has 2 aromatic carbocycles. The van der Waals surface area contributed by atoms with Crippen LogP contribution in [0.4, 0.5) is 15.2 Å². The monoisotopic (exact) mass is 418 g/mol. The van der Waals surface area contributed by atoms with Crippen LogP contribution in [0.15, 0.2) is 52.9 Å². The summed E-state index contributed by atoms with van der Waals surface area (Å²) in [5.41, 5.74) is 1.47. The third kappa shape index (κ3) is 5.93. The molecule has 0 aliphatic rings. The van der Waals surface area contributed by atoms with Gasteiger partial charge in [0.15, 0.2) is 4.34 Å². The Labute approximate surface area is 170 Å². The molecule has 0 radical (unpaired) electrons. The Bertz CT molecular complexity index is 918. The molecule has 0 fully saturated rings. The van der Waals surface area contributed by atoms with Crippen LogP contribution in [0.2, 0.25) is 0 Å². The lowest BCUT2D eigenvalue weighted by atomic mass is 10.1. The molecule has 0 unspecified atom stereocenters. The topological polar surface area (TPSA) is 76.1 Å². The van der Waals surface area contributed by atoms with Crippen molar-refractivity contribution in [2.45, 2.75) is 10.8 Å². The highest BCUT2D eigenvalue weighted by molar-refractivity contribution is 8.01. The Balaban J connectivity index is 1.41. The van der Waals surface area contributed by atoms with Crippen LogP contribution in [-0.2, 0) is 11.2 Å². The SMILES string of the molecule is COc1ccc(Nc2nnc(SCC(=O)NCCc3ccccc3F)s2)cc1. The summed E-state index contributed by atoms with van der Waals surface area (Å²) in [5, 5.41) is 14.7. The number of amides is 1. The number of carbonyl (C=O) groups excluding carboxylic acids is 1. The largest absolute Gasteiger partial charge is 0.497 e. The van der Waals surface area contributed by atoms with Gasteiger partial charge in [-0.15, -0.1) is 10.2 Å². The second kappa shape index (κ2) is 10.0. The third-order valence-corrected chi connectivity index (χ3v) is 5.72. The summed E-state index contributed by atoms with van der Waals surface area (Å²) in [6.07, 6.45) is 0.456. The lowest BCUT2D eigenvalue weighted by Crippen LogP contribution is -2.27. The molecule has 146 valence electrons. The summed E-state index contributed by atoms with van der Waals surface area (Å²) >= 11 is 2.69. The lowest BCUT2D eigenvalue weighted by molar-refractivity contribution is -0.118. The van der Waals surface area contributed by atoms with Crippen molar-refractivity contribution in [1.82, 2.24) is 15.5 Å². The average Bonchev–Trinajstić information content (AvgIpc) is 3.16. The molecule has 6 nitrogen and oxygen atoms in total. The number of methoxy groups -OCH3 is 1. The molecule has 0 bridgehead atoms. The molecule has 3 rings (SSSR count). The van der Waals surface area contributed by atoms with Gasteiger partial charge in [0.05, 0.1) is 12.9 Å². The number of aromatic nitrogens is 2. The molecule has 2 N–H and O–H groups in total. The van der Waals surface area contributed by atoms with E-state index in [0.717, 1.165) is 11.4 Å². The first-order valence-corrected chi connectivity index (χ1v) is 10.3. The number of hydrogen-bond donors (Lipinski definition) is 2. The van der Waals surface area contributed by atoms with E-state index in [0.29, 0.717) is 28.0 Å². The number of nitrogens with one attached hydrogen (secondary N) is 2. The van der Waals surface area contributed by atoms with Crippen molar-refractivity contribution in [2.75, 3.05) is 24.7 Å². The van der Waals surface area contributed by atoms with E-state index < -0.39 is 0 Å². The fraction of sp³-hybridized carbons (Fsp3) is 0.211. The molecule has 9 heteroatoms. The van der Waals surface area contributed by atoms with E-state index in [9.17, 15) is 9.18 Å². The van der Waals surface area contributed by atoms with Gasteiger partial charge in [0.25, 0.3) is 0 Å². The Morgan fingerprint density at radius 3 is 2.71 bits per heavy atom. The molecule has 3 aromatic rings. The molecule has 0 atom stereocenters. The van der Waals surface area contributed by atoms with Crippen LogP contribution < -0.4 is 15.4 Å². The van der Waals surface area contributed by atoms with Gasteiger partial charge in [-0.1, -0.05) is 41.3 Å². The Hall–Kier alpha value is -2.65. The molecule has 0 aliphatic carbocycles. The number of carbonyl (C=O) groups is 1. The van der Waals surface area contributed by atoms with Crippen molar-refractivity contribution < 1.29 is 13.9 Å². The van der Waals surface area contributed by atoms with E-state index in [4.69, 9.17) is 4.74 Å². The Morgan fingerprint density at radius 2 is 1.96 bits per heavy atom. The number of thioether (sulfide) groups is 1. The van der Waals surface area contributed by atoms with Crippen molar-refractivity contribution >= 4 is 39.8 Å². The summed E-state index contributed by atoms with van der Waals surface area (Å²) in [4.78, 5) is 12.0. The van der Waals surface area contributed by atoms with Gasteiger partial charge in [-0.3, -0.25) is 4.79 Å². The number of ether oxygens (including phenoxy) is 1. The Kier molecular flexibility index (Phi) is 7.21.